The highest BCUT2D eigenvalue weighted by atomic mass is 16.7. The molecule has 1 heterocycles. The van der Waals surface area contributed by atoms with Crippen LogP contribution in [0.1, 0.15) is 386 Å². The van der Waals surface area contributed by atoms with Crippen molar-refractivity contribution in [3.8, 4) is 0 Å². The fourth-order valence-electron chi connectivity index (χ4n) is 12.2. The third kappa shape index (κ3) is 52.3. The van der Waals surface area contributed by atoms with Gasteiger partial charge in [0.15, 0.2) is 6.29 Å². The molecular weight excluding hydrogens is 1030 g/mol. The van der Waals surface area contributed by atoms with E-state index in [4.69, 9.17) is 9.47 Å². The molecule has 6 N–H and O–H groups in total. The minimum absolute atomic E-state index is 0.177. The molecule has 1 fully saturated rings. The Balaban J connectivity index is 2.11. The highest BCUT2D eigenvalue weighted by molar-refractivity contribution is 5.76. The number of aliphatic hydroxyl groups is 5. The van der Waals surface area contributed by atoms with Crippen molar-refractivity contribution < 1.29 is 39.8 Å². The number of hydrogen-bond acceptors (Lipinski definition) is 8. The van der Waals surface area contributed by atoms with Crippen LogP contribution < -0.4 is 5.32 Å². The maximum absolute atomic E-state index is 13.1. The molecule has 9 nitrogen and oxygen atoms in total. The topological polar surface area (TPSA) is 149 Å². The standard InChI is InChI=1S/C74H143NO8/c1-3-5-7-9-11-13-15-17-19-21-23-25-27-29-31-33-35-37-39-41-43-45-47-49-51-53-55-57-59-61-63-68(77)67(66-82-74-73(81)72(80)71(79)69(65-76)83-74)75-70(78)64-62-60-58-56-54-52-50-48-46-44-42-40-38-36-34-32-30-28-26-24-22-20-18-16-14-12-10-8-6-4-2/h53,55,61,63,67-69,71-74,76-77,79-81H,3-52,54,56-60,62,64-66H2,1-2H3,(H,75,78)/b55-53+,63-61+. The van der Waals surface area contributed by atoms with E-state index < -0.39 is 49.5 Å². The molecule has 1 rings (SSSR count). The quantitative estimate of drug-likeness (QED) is 0.0261. The Bertz CT molecular complexity index is 1360. The molecule has 1 aliphatic rings. The minimum Gasteiger partial charge on any atom is -0.394 e. The number of amides is 1. The van der Waals surface area contributed by atoms with Crippen LogP contribution in [0.25, 0.3) is 0 Å². The number of nitrogens with one attached hydrogen (secondary N) is 1. The zero-order valence-electron chi connectivity index (χ0n) is 55.2. The lowest BCUT2D eigenvalue weighted by Crippen LogP contribution is -2.60. The van der Waals surface area contributed by atoms with Crippen molar-refractivity contribution in [3.05, 3.63) is 24.3 Å². The summed E-state index contributed by atoms with van der Waals surface area (Å²) >= 11 is 0. The molecule has 1 aliphatic heterocycles. The molecule has 492 valence electrons. The first-order valence-corrected chi connectivity index (χ1v) is 37.1. The zero-order chi connectivity index (χ0) is 60.0. The van der Waals surface area contributed by atoms with Gasteiger partial charge in [-0.1, -0.05) is 372 Å². The predicted octanol–water partition coefficient (Wildman–Crippen LogP) is 20.4. The molecule has 0 aromatic heterocycles. The summed E-state index contributed by atoms with van der Waals surface area (Å²) in [5.41, 5.74) is 0. The monoisotopic (exact) mass is 1170 g/mol. The molecule has 0 spiro atoms. The SMILES string of the molecule is CCCCCCCCCCCCCCCCCCCCCCCCCC/C=C/CC/C=C/C(O)C(COC1OC(CO)C(O)C(O)C1O)NC(=O)CCCCCCCCCCCCCCCCCCCCCCCCCCCCCCCC. The van der Waals surface area contributed by atoms with E-state index >= 15 is 0 Å². The van der Waals surface area contributed by atoms with Gasteiger partial charge in [-0.25, -0.2) is 0 Å². The van der Waals surface area contributed by atoms with Crippen molar-refractivity contribution in [1.82, 2.24) is 5.32 Å². The zero-order valence-corrected chi connectivity index (χ0v) is 55.2. The van der Waals surface area contributed by atoms with Crippen molar-refractivity contribution in [3.63, 3.8) is 0 Å². The number of aliphatic hydroxyl groups excluding tert-OH is 5. The molecule has 7 atom stereocenters. The van der Waals surface area contributed by atoms with Crippen LogP contribution >= 0.6 is 0 Å². The first kappa shape index (κ1) is 79.7. The predicted molar refractivity (Wildman–Crippen MR) is 355 cm³/mol. The number of allylic oxidation sites excluding steroid dienone is 3. The van der Waals surface area contributed by atoms with Crippen LogP contribution in [0.15, 0.2) is 24.3 Å². The van der Waals surface area contributed by atoms with Gasteiger partial charge in [-0.3, -0.25) is 4.79 Å². The van der Waals surface area contributed by atoms with Crippen LogP contribution in [0.3, 0.4) is 0 Å². The third-order valence-corrected chi connectivity index (χ3v) is 18.0. The molecule has 0 aromatic carbocycles. The van der Waals surface area contributed by atoms with Gasteiger partial charge in [-0.05, 0) is 32.1 Å². The van der Waals surface area contributed by atoms with E-state index in [2.05, 4.69) is 31.3 Å². The molecule has 1 amide bonds. The lowest BCUT2D eigenvalue weighted by molar-refractivity contribution is -0.302. The summed E-state index contributed by atoms with van der Waals surface area (Å²) in [7, 11) is 0. The van der Waals surface area contributed by atoms with E-state index in [-0.39, 0.29) is 12.5 Å². The van der Waals surface area contributed by atoms with Gasteiger partial charge < -0.3 is 40.3 Å². The summed E-state index contributed by atoms with van der Waals surface area (Å²) in [5, 5.41) is 54.8. The summed E-state index contributed by atoms with van der Waals surface area (Å²) in [4.78, 5) is 13.1. The summed E-state index contributed by atoms with van der Waals surface area (Å²) in [6, 6.07) is -0.820. The Morgan fingerprint density at radius 2 is 0.687 bits per heavy atom. The van der Waals surface area contributed by atoms with Crippen LogP contribution in [-0.4, -0.2) is 87.5 Å². The average molecular weight is 1170 g/mol. The fraction of sp³-hybridized carbons (Fsp3) is 0.932. The van der Waals surface area contributed by atoms with Gasteiger partial charge in [-0.2, -0.15) is 0 Å². The second-order valence-electron chi connectivity index (χ2n) is 26.1. The average Bonchev–Trinajstić information content (AvgIpc) is 3.50. The Hall–Kier alpha value is -1.33. The first-order valence-electron chi connectivity index (χ1n) is 37.1. The normalized spacial score (nSPS) is 18.3. The smallest absolute Gasteiger partial charge is 0.220 e. The van der Waals surface area contributed by atoms with Crippen molar-refractivity contribution in [2.24, 2.45) is 0 Å². The molecular formula is C74H143NO8. The lowest BCUT2D eigenvalue weighted by atomic mass is 9.99. The van der Waals surface area contributed by atoms with E-state index in [1.807, 2.05) is 6.08 Å². The van der Waals surface area contributed by atoms with Crippen LogP contribution in [0.4, 0.5) is 0 Å². The Kier molecular flexibility index (Phi) is 61.1. The van der Waals surface area contributed by atoms with E-state index in [0.717, 1.165) is 38.5 Å². The number of hydrogen-bond donors (Lipinski definition) is 6. The molecule has 1 saturated heterocycles. The number of ether oxygens (including phenoxy) is 2. The number of carbonyl (C=O) groups is 1. The summed E-state index contributed by atoms with van der Waals surface area (Å²) < 4.78 is 11.3. The van der Waals surface area contributed by atoms with E-state index in [9.17, 15) is 30.3 Å². The Labute approximate surface area is 515 Å². The Morgan fingerprint density at radius 1 is 0.398 bits per heavy atom. The molecule has 9 heteroatoms. The summed E-state index contributed by atoms with van der Waals surface area (Å²) in [6.07, 6.45) is 77.4. The molecule has 0 radical (unpaired) electrons. The summed E-state index contributed by atoms with van der Waals surface area (Å²) in [5.74, 6) is -0.177. The molecule has 0 aromatic rings. The second-order valence-corrected chi connectivity index (χ2v) is 26.1. The largest absolute Gasteiger partial charge is 0.394 e. The highest BCUT2D eigenvalue weighted by Crippen LogP contribution is 2.24. The van der Waals surface area contributed by atoms with Gasteiger partial charge in [0.1, 0.15) is 24.4 Å². The maximum Gasteiger partial charge on any atom is 0.220 e. The van der Waals surface area contributed by atoms with Gasteiger partial charge in [0.05, 0.1) is 25.4 Å². The first-order chi connectivity index (χ1) is 40.8. The molecule has 0 aliphatic carbocycles. The van der Waals surface area contributed by atoms with Crippen molar-refractivity contribution in [2.45, 2.75) is 429 Å². The molecule has 0 bridgehead atoms. The van der Waals surface area contributed by atoms with Crippen molar-refractivity contribution in [1.29, 1.82) is 0 Å². The van der Waals surface area contributed by atoms with Crippen LogP contribution in [0.2, 0.25) is 0 Å². The molecule has 7 unspecified atom stereocenters. The van der Waals surface area contributed by atoms with Gasteiger partial charge in [0.25, 0.3) is 0 Å². The van der Waals surface area contributed by atoms with Crippen LogP contribution in [0, 0.1) is 0 Å². The number of rotatable bonds is 66. The minimum atomic E-state index is -1.57. The van der Waals surface area contributed by atoms with Gasteiger partial charge in [0, 0.05) is 6.42 Å². The summed E-state index contributed by atoms with van der Waals surface area (Å²) in [6.45, 7) is 3.83. The maximum atomic E-state index is 13.1. The van der Waals surface area contributed by atoms with E-state index in [1.165, 1.54) is 327 Å². The van der Waals surface area contributed by atoms with Crippen molar-refractivity contribution in [2.75, 3.05) is 13.2 Å². The number of carbonyl (C=O) groups excluding carboxylic acids is 1. The van der Waals surface area contributed by atoms with Crippen LogP contribution in [0.5, 0.6) is 0 Å². The molecule has 0 saturated carbocycles. The fourth-order valence-corrected chi connectivity index (χ4v) is 12.2. The van der Waals surface area contributed by atoms with Gasteiger partial charge >= 0.3 is 0 Å². The van der Waals surface area contributed by atoms with Crippen LogP contribution in [-0.2, 0) is 14.3 Å². The third-order valence-electron chi connectivity index (χ3n) is 18.0. The Morgan fingerprint density at radius 3 is 1.01 bits per heavy atom. The molecule has 83 heavy (non-hydrogen) atoms. The highest BCUT2D eigenvalue weighted by Gasteiger charge is 2.44. The van der Waals surface area contributed by atoms with E-state index in [0.29, 0.717) is 6.42 Å². The lowest BCUT2D eigenvalue weighted by Gasteiger charge is -2.40. The second kappa shape index (κ2) is 63.7. The van der Waals surface area contributed by atoms with Gasteiger partial charge in [-0.15, -0.1) is 0 Å². The number of unbranched alkanes of at least 4 members (excludes halogenated alkanes) is 54. The van der Waals surface area contributed by atoms with E-state index in [1.54, 1.807) is 6.08 Å². The van der Waals surface area contributed by atoms with Crippen molar-refractivity contribution >= 4 is 5.91 Å². The van der Waals surface area contributed by atoms with Gasteiger partial charge in [0.2, 0.25) is 5.91 Å².